The van der Waals surface area contributed by atoms with Gasteiger partial charge in [0.25, 0.3) is 0 Å². The van der Waals surface area contributed by atoms with E-state index in [0.717, 1.165) is 25.9 Å². The van der Waals surface area contributed by atoms with Crippen LogP contribution in [-0.2, 0) is 0 Å². The molecule has 0 radical (unpaired) electrons. The molecule has 1 aromatic rings. The third kappa shape index (κ3) is 4.09. The number of hydrogen-bond acceptors (Lipinski definition) is 2. The highest BCUT2D eigenvalue weighted by atomic mass is 35.5. The number of piperidine rings is 1. The Morgan fingerprint density at radius 3 is 2.19 bits per heavy atom. The maximum atomic E-state index is 11.9. The lowest BCUT2D eigenvalue weighted by atomic mass is 10.0. The highest BCUT2D eigenvalue weighted by Gasteiger charge is 2.24. The van der Waals surface area contributed by atoms with Crippen LogP contribution in [0.1, 0.15) is 12.8 Å². The molecule has 0 aromatic heterocycles. The fourth-order valence-corrected chi connectivity index (χ4v) is 3.31. The topological polar surface area (TPSA) is 35.6 Å². The zero-order valence-corrected chi connectivity index (χ0v) is 14.3. The molecule has 1 aromatic carbocycles. The van der Waals surface area contributed by atoms with Gasteiger partial charge in [-0.15, -0.1) is 0 Å². The van der Waals surface area contributed by atoms with Crippen molar-refractivity contribution in [2.24, 2.45) is 0 Å². The molecule has 1 saturated heterocycles. The Bertz CT molecular complexity index is 505. The molecular weight excluding hydrogens is 333 g/mol. The minimum Gasteiger partial charge on any atom is -0.380 e. The zero-order chi connectivity index (χ0) is 15.6. The quantitative estimate of drug-likeness (QED) is 0.867. The molecule has 1 N–H and O–H groups in total. The Labute approximate surface area is 139 Å². The third-order valence-electron chi connectivity index (χ3n) is 3.50. The molecule has 1 aliphatic rings. The van der Waals surface area contributed by atoms with Crippen LogP contribution in [0.25, 0.3) is 0 Å². The van der Waals surface area contributed by atoms with Gasteiger partial charge >= 0.3 is 6.03 Å². The molecular formula is C14H18Cl3N3O. The molecule has 2 amide bonds. The summed E-state index contributed by atoms with van der Waals surface area (Å²) in [6, 6.07) is 3.63. The van der Waals surface area contributed by atoms with Gasteiger partial charge in [0.05, 0.1) is 15.7 Å². The van der Waals surface area contributed by atoms with E-state index >= 15 is 0 Å². The summed E-state index contributed by atoms with van der Waals surface area (Å²) in [5, 5.41) is 4.90. The second-order valence-electron chi connectivity index (χ2n) is 5.33. The number of halogens is 3. The summed E-state index contributed by atoms with van der Waals surface area (Å²) in [4.78, 5) is 15.3. The Morgan fingerprint density at radius 1 is 1.19 bits per heavy atom. The van der Waals surface area contributed by atoms with E-state index in [1.54, 1.807) is 31.1 Å². The Kier molecular flexibility index (Phi) is 5.47. The maximum absolute atomic E-state index is 11.9. The predicted octanol–water partition coefficient (Wildman–Crippen LogP) is 4.20. The maximum Gasteiger partial charge on any atom is 0.319 e. The van der Waals surface area contributed by atoms with E-state index in [4.69, 9.17) is 34.8 Å². The van der Waals surface area contributed by atoms with Crippen LogP contribution in [0, 0.1) is 0 Å². The molecule has 7 heteroatoms. The Morgan fingerprint density at radius 2 is 1.71 bits per heavy atom. The van der Waals surface area contributed by atoms with Crippen LogP contribution >= 0.6 is 34.8 Å². The fraction of sp³-hybridized carbons (Fsp3) is 0.500. The van der Waals surface area contributed by atoms with Crippen molar-refractivity contribution >= 4 is 46.5 Å². The standard InChI is InChI=1S/C14H18Cl3N3O/c1-19(2)14(21)20-5-3-10(4-6-20)18-13-11(16)7-9(15)8-12(13)17/h7-8,10,18H,3-6H2,1-2H3. The van der Waals surface area contributed by atoms with Crippen molar-refractivity contribution in [3.63, 3.8) is 0 Å². The van der Waals surface area contributed by atoms with E-state index in [2.05, 4.69) is 5.32 Å². The van der Waals surface area contributed by atoms with Crippen molar-refractivity contribution in [2.45, 2.75) is 18.9 Å². The number of rotatable bonds is 2. The van der Waals surface area contributed by atoms with E-state index in [0.29, 0.717) is 20.8 Å². The molecule has 0 bridgehead atoms. The number of anilines is 1. The Balaban J connectivity index is 1.97. The van der Waals surface area contributed by atoms with E-state index in [1.165, 1.54) is 0 Å². The van der Waals surface area contributed by atoms with E-state index in [1.807, 2.05) is 4.90 Å². The van der Waals surface area contributed by atoms with Gasteiger partial charge in [0.15, 0.2) is 0 Å². The molecule has 0 aliphatic carbocycles. The summed E-state index contributed by atoms with van der Waals surface area (Å²) >= 11 is 18.2. The summed E-state index contributed by atoms with van der Waals surface area (Å²) in [6.07, 6.45) is 1.71. The highest BCUT2D eigenvalue weighted by Crippen LogP contribution is 2.35. The number of carbonyl (C=O) groups is 1. The average molecular weight is 351 g/mol. The monoisotopic (exact) mass is 349 g/mol. The minimum atomic E-state index is 0.0519. The van der Waals surface area contributed by atoms with Gasteiger partial charge in [-0.25, -0.2) is 4.79 Å². The van der Waals surface area contributed by atoms with E-state index in [9.17, 15) is 4.79 Å². The first kappa shape index (κ1) is 16.5. The molecule has 116 valence electrons. The first-order chi connectivity index (χ1) is 9.88. The molecule has 2 rings (SSSR count). The Hall–Kier alpha value is -0.840. The van der Waals surface area contributed by atoms with E-state index in [-0.39, 0.29) is 12.1 Å². The molecule has 1 fully saturated rings. The summed E-state index contributed by atoms with van der Waals surface area (Å²) in [5.74, 6) is 0. The SMILES string of the molecule is CN(C)C(=O)N1CCC(Nc2c(Cl)cc(Cl)cc2Cl)CC1. The first-order valence-electron chi connectivity index (χ1n) is 6.76. The van der Waals surface area contributed by atoms with Crippen LogP contribution < -0.4 is 5.32 Å². The summed E-state index contributed by atoms with van der Waals surface area (Å²) in [7, 11) is 3.53. The van der Waals surface area contributed by atoms with Crippen molar-refractivity contribution < 1.29 is 4.79 Å². The van der Waals surface area contributed by atoms with Crippen LogP contribution in [0.15, 0.2) is 12.1 Å². The normalized spacial score (nSPS) is 16.0. The molecule has 0 saturated carbocycles. The summed E-state index contributed by atoms with van der Waals surface area (Å²) < 4.78 is 0. The lowest BCUT2D eigenvalue weighted by Crippen LogP contribution is -2.46. The van der Waals surface area contributed by atoms with Crippen molar-refractivity contribution in [3.05, 3.63) is 27.2 Å². The fourth-order valence-electron chi connectivity index (χ4n) is 2.38. The molecule has 21 heavy (non-hydrogen) atoms. The predicted molar refractivity (Wildman–Crippen MR) is 88.8 cm³/mol. The number of carbonyl (C=O) groups excluding carboxylic acids is 1. The third-order valence-corrected chi connectivity index (χ3v) is 4.32. The highest BCUT2D eigenvalue weighted by molar-refractivity contribution is 6.41. The van der Waals surface area contributed by atoms with Gasteiger partial charge in [0.2, 0.25) is 0 Å². The molecule has 0 unspecified atom stereocenters. The van der Waals surface area contributed by atoms with Gasteiger partial charge in [-0.2, -0.15) is 0 Å². The molecule has 4 nitrogen and oxygen atoms in total. The van der Waals surface area contributed by atoms with Gasteiger partial charge in [-0.1, -0.05) is 34.8 Å². The van der Waals surface area contributed by atoms with Gasteiger partial charge in [-0.3, -0.25) is 0 Å². The van der Waals surface area contributed by atoms with Crippen LogP contribution in [0.2, 0.25) is 15.1 Å². The van der Waals surface area contributed by atoms with Crippen LogP contribution in [0.3, 0.4) is 0 Å². The van der Waals surface area contributed by atoms with Gasteiger partial charge in [0.1, 0.15) is 0 Å². The number of nitrogens with zero attached hydrogens (tertiary/aromatic N) is 2. The van der Waals surface area contributed by atoms with Crippen LogP contribution in [0.5, 0.6) is 0 Å². The minimum absolute atomic E-state index is 0.0519. The van der Waals surface area contributed by atoms with Gasteiger partial charge in [-0.05, 0) is 25.0 Å². The van der Waals surface area contributed by atoms with Crippen molar-refractivity contribution in [1.82, 2.24) is 9.80 Å². The number of amides is 2. The van der Waals surface area contributed by atoms with Crippen molar-refractivity contribution in [2.75, 3.05) is 32.5 Å². The number of nitrogens with one attached hydrogen (secondary N) is 1. The van der Waals surface area contributed by atoms with Crippen molar-refractivity contribution in [1.29, 1.82) is 0 Å². The molecule has 1 aliphatic heterocycles. The largest absolute Gasteiger partial charge is 0.380 e. The lowest BCUT2D eigenvalue weighted by Gasteiger charge is -2.34. The average Bonchev–Trinajstić information content (AvgIpc) is 2.42. The number of urea groups is 1. The summed E-state index contributed by atoms with van der Waals surface area (Å²) in [6.45, 7) is 1.44. The zero-order valence-electron chi connectivity index (χ0n) is 12.0. The molecule has 0 spiro atoms. The smallest absolute Gasteiger partial charge is 0.319 e. The van der Waals surface area contributed by atoms with Gasteiger partial charge in [0, 0.05) is 38.2 Å². The number of hydrogen-bond donors (Lipinski definition) is 1. The first-order valence-corrected chi connectivity index (χ1v) is 7.89. The molecule has 0 atom stereocenters. The molecule has 1 heterocycles. The second kappa shape index (κ2) is 6.95. The number of likely N-dealkylation sites (tertiary alicyclic amines) is 1. The van der Waals surface area contributed by atoms with Gasteiger partial charge < -0.3 is 15.1 Å². The summed E-state index contributed by atoms with van der Waals surface area (Å²) in [5.41, 5.74) is 0.708. The second-order valence-corrected chi connectivity index (χ2v) is 6.58. The van der Waals surface area contributed by atoms with Crippen LogP contribution in [-0.4, -0.2) is 49.1 Å². The van der Waals surface area contributed by atoms with Crippen LogP contribution in [0.4, 0.5) is 10.5 Å². The van der Waals surface area contributed by atoms with E-state index < -0.39 is 0 Å². The van der Waals surface area contributed by atoms with Crippen molar-refractivity contribution in [3.8, 4) is 0 Å². The lowest BCUT2D eigenvalue weighted by molar-refractivity contribution is 0.158. The number of benzene rings is 1.